The molecule has 0 fully saturated rings. The first-order valence-electron chi connectivity index (χ1n) is 9.82. The zero-order chi connectivity index (χ0) is 21.2. The van der Waals surface area contributed by atoms with E-state index >= 15 is 0 Å². The Labute approximate surface area is 181 Å². The highest BCUT2D eigenvalue weighted by Crippen LogP contribution is 2.32. The molecule has 0 saturated heterocycles. The molecule has 31 heavy (non-hydrogen) atoms. The lowest BCUT2D eigenvalue weighted by Crippen LogP contribution is -2.04. The molecule has 0 aliphatic carbocycles. The van der Waals surface area contributed by atoms with Gasteiger partial charge in [-0.25, -0.2) is 4.79 Å². The van der Waals surface area contributed by atoms with Gasteiger partial charge in [0.2, 0.25) is 5.16 Å². The molecule has 2 heterocycles. The lowest BCUT2D eigenvalue weighted by atomic mass is 10.0. The van der Waals surface area contributed by atoms with Gasteiger partial charge in [0.1, 0.15) is 17.0 Å². The Kier molecular flexibility index (Phi) is 5.13. The monoisotopic (exact) mass is 430 g/mol. The molecule has 8 heteroatoms. The van der Waals surface area contributed by atoms with Gasteiger partial charge in [0.25, 0.3) is 0 Å². The summed E-state index contributed by atoms with van der Waals surface area (Å²) >= 11 is 1.45. The second kappa shape index (κ2) is 8.23. The third-order valence-electron chi connectivity index (χ3n) is 4.91. The van der Waals surface area contributed by atoms with Crippen LogP contribution in [0, 0.1) is 0 Å². The van der Waals surface area contributed by atoms with Crippen LogP contribution in [-0.4, -0.2) is 26.8 Å². The van der Waals surface area contributed by atoms with Crippen LogP contribution in [0.1, 0.15) is 12.5 Å². The van der Waals surface area contributed by atoms with Crippen LogP contribution >= 0.6 is 11.8 Å². The van der Waals surface area contributed by atoms with Crippen molar-refractivity contribution >= 4 is 33.5 Å². The van der Waals surface area contributed by atoms with Crippen molar-refractivity contribution in [2.75, 3.05) is 6.61 Å². The van der Waals surface area contributed by atoms with E-state index in [9.17, 15) is 4.79 Å². The molecule has 0 saturated carbocycles. The topological polar surface area (TPSA) is 83.0 Å². The Morgan fingerprint density at radius 2 is 1.90 bits per heavy atom. The third-order valence-corrected chi connectivity index (χ3v) is 5.87. The Bertz CT molecular complexity index is 1440. The number of benzene rings is 3. The predicted octanol–water partition coefficient (Wildman–Crippen LogP) is 4.61. The number of rotatable bonds is 6. The number of hydrogen-bond acceptors (Lipinski definition) is 7. The number of para-hydroxylation sites is 2. The number of ether oxygens (including phenoxy) is 1. The van der Waals surface area contributed by atoms with Crippen LogP contribution in [0.4, 0.5) is 0 Å². The van der Waals surface area contributed by atoms with Crippen LogP contribution in [0.25, 0.3) is 27.4 Å². The lowest BCUT2D eigenvalue weighted by Gasteiger charge is -2.11. The van der Waals surface area contributed by atoms with Gasteiger partial charge in [-0.15, -0.1) is 5.10 Å². The molecule has 3 aromatic carbocycles. The summed E-state index contributed by atoms with van der Waals surface area (Å²) in [7, 11) is 0. The molecule has 0 aliphatic rings. The highest BCUT2D eigenvalue weighted by molar-refractivity contribution is 7.98. The molecular weight excluding hydrogens is 412 g/mol. The fraction of sp³-hybridized carbons (Fsp3) is 0.130. The van der Waals surface area contributed by atoms with E-state index in [0.717, 1.165) is 27.4 Å². The van der Waals surface area contributed by atoms with Crippen molar-refractivity contribution in [3.05, 3.63) is 82.7 Å². The van der Waals surface area contributed by atoms with Crippen LogP contribution in [-0.2, 0) is 5.75 Å². The lowest BCUT2D eigenvalue weighted by molar-refractivity contribution is 0.337. The molecule has 0 atom stereocenters. The molecule has 0 amide bonds. The molecule has 0 unspecified atom stereocenters. The molecule has 0 radical (unpaired) electrons. The maximum atomic E-state index is 12.2. The minimum absolute atomic E-state index is 0.375. The molecule has 154 valence electrons. The molecule has 0 N–H and O–H groups in total. The van der Waals surface area contributed by atoms with Crippen molar-refractivity contribution in [3.63, 3.8) is 0 Å². The van der Waals surface area contributed by atoms with Gasteiger partial charge in [0.15, 0.2) is 0 Å². The number of tetrazole rings is 1. The number of aromatic nitrogens is 4. The maximum Gasteiger partial charge on any atom is 0.336 e. The van der Waals surface area contributed by atoms with Gasteiger partial charge in [-0.05, 0) is 51.9 Å². The van der Waals surface area contributed by atoms with Crippen molar-refractivity contribution in [2.24, 2.45) is 0 Å². The largest absolute Gasteiger partial charge is 0.492 e. The Hall–Kier alpha value is -3.65. The van der Waals surface area contributed by atoms with E-state index in [2.05, 4.69) is 15.5 Å². The van der Waals surface area contributed by atoms with Gasteiger partial charge in [-0.3, -0.25) is 0 Å². The summed E-state index contributed by atoms with van der Waals surface area (Å²) in [6, 6.07) is 21.0. The maximum absolute atomic E-state index is 12.2. The van der Waals surface area contributed by atoms with Crippen LogP contribution in [0.2, 0.25) is 0 Å². The summed E-state index contributed by atoms with van der Waals surface area (Å²) in [5, 5.41) is 15.8. The quantitative estimate of drug-likeness (QED) is 0.221. The van der Waals surface area contributed by atoms with Gasteiger partial charge in [0, 0.05) is 17.2 Å². The number of thioether (sulfide) groups is 1. The first kappa shape index (κ1) is 19.3. The van der Waals surface area contributed by atoms with E-state index in [4.69, 9.17) is 9.15 Å². The van der Waals surface area contributed by atoms with Gasteiger partial charge in [-0.2, -0.15) is 4.68 Å². The molecule has 7 nitrogen and oxygen atoms in total. The minimum Gasteiger partial charge on any atom is -0.492 e. The Morgan fingerprint density at radius 3 is 2.81 bits per heavy atom. The Balaban J connectivity index is 1.55. The summed E-state index contributed by atoms with van der Waals surface area (Å²) < 4.78 is 12.8. The van der Waals surface area contributed by atoms with Gasteiger partial charge in [0.05, 0.1) is 6.61 Å². The second-order valence-electron chi connectivity index (χ2n) is 6.81. The molecule has 0 bridgehead atoms. The van der Waals surface area contributed by atoms with Crippen LogP contribution in [0.15, 0.2) is 81.1 Å². The summed E-state index contributed by atoms with van der Waals surface area (Å²) in [5.74, 6) is 1.21. The molecule has 5 rings (SSSR count). The van der Waals surface area contributed by atoms with E-state index in [-0.39, 0.29) is 5.63 Å². The third kappa shape index (κ3) is 3.66. The number of hydrogen-bond donors (Lipinski definition) is 0. The zero-order valence-corrected chi connectivity index (χ0v) is 17.5. The van der Waals surface area contributed by atoms with E-state index in [1.807, 2.05) is 67.6 Å². The zero-order valence-electron chi connectivity index (χ0n) is 16.7. The normalized spacial score (nSPS) is 11.3. The van der Waals surface area contributed by atoms with Crippen molar-refractivity contribution in [1.29, 1.82) is 0 Å². The SMILES string of the molecule is CCOc1ccccc1-n1nnnc1SCc1cc(=O)oc2ccc3ccccc3c12. The van der Waals surface area contributed by atoms with Crippen LogP contribution < -0.4 is 10.4 Å². The van der Waals surface area contributed by atoms with Crippen molar-refractivity contribution in [1.82, 2.24) is 20.2 Å². The minimum atomic E-state index is -0.375. The van der Waals surface area contributed by atoms with E-state index in [1.165, 1.54) is 11.8 Å². The van der Waals surface area contributed by atoms with Crippen LogP contribution in [0.3, 0.4) is 0 Å². The highest BCUT2D eigenvalue weighted by atomic mass is 32.2. The molecule has 5 aromatic rings. The van der Waals surface area contributed by atoms with E-state index < -0.39 is 0 Å². The standard InChI is InChI=1S/C23H18N4O3S/c1-2-29-19-10-6-5-9-18(19)27-23(24-25-26-27)31-14-16-13-21(28)30-20-12-11-15-7-3-4-8-17(15)22(16)20/h3-13H,2,14H2,1H3. The van der Waals surface area contributed by atoms with Crippen molar-refractivity contribution in [2.45, 2.75) is 17.8 Å². The summed E-state index contributed by atoms with van der Waals surface area (Å²) in [6.07, 6.45) is 0. The van der Waals surface area contributed by atoms with E-state index in [0.29, 0.717) is 28.8 Å². The highest BCUT2D eigenvalue weighted by Gasteiger charge is 2.15. The summed E-state index contributed by atoms with van der Waals surface area (Å²) in [4.78, 5) is 12.2. The average Bonchev–Trinajstić information content (AvgIpc) is 3.26. The predicted molar refractivity (Wildman–Crippen MR) is 120 cm³/mol. The van der Waals surface area contributed by atoms with Gasteiger partial charge < -0.3 is 9.15 Å². The van der Waals surface area contributed by atoms with E-state index in [1.54, 1.807) is 10.7 Å². The Morgan fingerprint density at radius 1 is 1.06 bits per heavy atom. The fourth-order valence-corrected chi connectivity index (χ4v) is 4.47. The molecular formula is C23H18N4O3S. The van der Waals surface area contributed by atoms with Gasteiger partial charge in [-0.1, -0.05) is 54.2 Å². The number of fused-ring (bicyclic) bond motifs is 3. The van der Waals surface area contributed by atoms with Crippen LogP contribution in [0.5, 0.6) is 5.75 Å². The smallest absolute Gasteiger partial charge is 0.336 e. The molecule has 2 aromatic heterocycles. The first-order valence-corrected chi connectivity index (χ1v) is 10.8. The number of nitrogens with zero attached hydrogens (tertiary/aromatic N) is 4. The summed E-state index contributed by atoms with van der Waals surface area (Å²) in [5.41, 5.74) is 1.84. The average molecular weight is 430 g/mol. The van der Waals surface area contributed by atoms with Crippen molar-refractivity contribution < 1.29 is 9.15 Å². The first-order chi connectivity index (χ1) is 15.2. The second-order valence-corrected chi connectivity index (χ2v) is 7.76. The van der Waals surface area contributed by atoms with Gasteiger partial charge >= 0.3 is 5.63 Å². The van der Waals surface area contributed by atoms with Crippen molar-refractivity contribution in [3.8, 4) is 11.4 Å². The summed E-state index contributed by atoms with van der Waals surface area (Å²) in [6.45, 7) is 2.48. The fourth-order valence-electron chi connectivity index (χ4n) is 3.61. The molecule has 0 spiro atoms. The molecule has 0 aliphatic heterocycles.